The number of ether oxygens (including phenoxy) is 1. The van der Waals surface area contributed by atoms with E-state index < -0.39 is 5.60 Å². The summed E-state index contributed by atoms with van der Waals surface area (Å²) in [5, 5.41) is 17.5. The second-order valence-corrected chi connectivity index (χ2v) is 39.5. The van der Waals surface area contributed by atoms with Gasteiger partial charge in [-0.15, -0.1) is 0 Å². The number of nitrogens with zero attached hydrogens (tertiary/aromatic N) is 10. The smallest absolute Gasteiger partial charge is 0.410 e. The molecule has 3 saturated heterocycles. The largest absolute Gasteiger partial charge is 0.444 e. The summed E-state index contributed by atoms with van der Waals surface area (Å²) >= 11 is 30.3. The van der Waals surface area contributed by atoms with E-state index in [0.717, 1.165) is 301 Å². The number of carbonyl (C=O) groups excluding carboxylic acids is 6. The molecule has 32 heteroatoms. The Hall–Kier alpha value is -10.0. The zero-order chi connectivity index (χ0) is 83.6. The molecule has 0 aromatic carbocycles. The molecule has 122 heavy (non-hydrogen) atoms. The minimum absolute atomic E-state index is 0.0175. The number of nitrogens with one attached hydrogen (secondary N) is 10. The second-order valence-electron chi connectivity index (χ2n) is 37.6. The Balaban J connectivity index is 0.0000000915. The summed E-state index contributed by atoms with van der Waals surface area (Å²) in [5.74, 6) is 1.10. The minimum Gasteiger partial charge on any atom is -0.444 e. The number of aromatic amines is 5. The molecule has 10 aromatic heterocycles. The SMILES string of the molecule is CC(C)(C)OC(=O)N1CC2(CNC(=O)c3c2[nH]c2c3CCc3cnc(Cl)nc3-2)C1.CCN1CC2(CNC(=O)c3c2[nH]c2c3CCc3cnc(Cl)cc3-2)C1.O=C1NC2(CC2)Cc2[nH]c3c(c21)CCc1cnc(Cl)nc1-3.O=C1NCC2(CCC2)c2[nH]c3c(c21)CCc1cnc(Cl)cc1-3.O=C1NCC2(CN(CC3CC3)C2)c2[nH]c3c(c21)CCc1cnc(Cl)cc1-3. The predicted molar refractivity (Wildman–Crippen MR) is 460 cm³/mol. The number of rotatable bonds is 3. The van der Waals surface area contributed by atoms with Crippen LogP contribution in [0.25, 0.3) is 56.5 Å². The number of aromatic nitrogens is 12. The first kappa shape index (κ1) is 78.0. The standard InChI is InChI=1S/C20H22ClN5O3.C20H21ClN4O.C18H19ClN4O.C17H16ClN3O.C15H13ClN4O/c1-19(2,3)29-18(28)26-8-20(9-26)7-23-16(27)12-11-5-4-10-6-22-17(21)25-13(10)14(11)24-15(12)20;21-15-5-14-12(6-22-15)3-4-13-16-18(24-17(13)14)20(8-23-19(16)26)9-25(10-20)7-11-1-2-11;1-2-23-8-18(9-23)7-21-17(24)14-11-4-3-10-6-20-13(19)5-12(10)15(11)22-16(14)18;18-12-6-11-9(7-19-12)2-3-10-13-15(21-14(10)11)17(4-1-5-17)8-20-16(13)22;16-14-17-6-7-1-2-8-10-9(18-12(8)11(7)19-14)5-15(3-4-15)20-13(10)21/h6,24H,4-5,7-9H2,1-3H3,(H,23,27);5-6,11,24H,1-4,7-10H2,(H,23,26);5-6,22H,2-4,7-9H2,1H3,(H,21,24);6-7,21H,1-5,8H2,(H,20,22);6,18H,1-5H2,(H,20,21). The number of pyridine rings is 3. The van der Waals surface area contributed by atoms with Crippen LogP contribution in [0.5, 0.6) is 0 Å². The molecule has 10 aromatic rings. The zero-order valence-electron chi connectivity index (χ0n) is 68.1. The van der Waals surface area contributed by atoms with Crippen molar-refractivity contribution in [2.45, 2.75) is 176 Å². The van der Waals surface area contributed by atoms with Gasteiger partial charge in [-0.2, -0.15) is 0 Å². The summed E-state index contributed by atoms with van der Waals surface area (Å²) in [4.78, 5) is 129. The molecule has 8 aliphatic carbocycles. The highest BCUT2D eigenvalue weighted by Crippen LogP contribution is 2.53. The first-order chi connectivity index (χ1) is 58.7. The van der Waals surface area contributed by atoms with Crippen LogP contribution in [0.15, 0.2) is 49.2 Å². The average molecular weight is 1740 g/mol. The second kappa shape index (κ2) is 28.5. The Kier molecular flexibility index (Phi) is 18.2. The number of H-pyrrole nitrogens is 5. The lowest BCUT2D eigenvalue weighted by Crippen LogP contribution is -2.67. The van der Waals surface area contributed by atoms with Gasteiger partial charge in [-0.25, -0.2) is 39.7 Å². The molecule has 8 aliphatic heterocycles. The number of amides is 6. The third kappa shape index (κ3) is 12.8. The van der Waals surface area contributed by atoms with Crippen molar-refractivity contribution in [3.63, 3.8) is 0 Å². The van der Waals surface area contributed by atoms with Crippen LogP contribution in [0, 0.1) is 5.92 Å². The van der Waals surface area contributed by atoms with Gasteiger partial charge >= 0.3 is 6.09 Å². The van der Waals surface area contributed by atoms with Gasteiger partial charge in [0.15, 0.2) is 0 Å². The number of carbonyl (C=O) groups is 6. The number of hydrogen-bond donors (Lipinski definition) is 10. The van der Waals surface area contributed by atoms with Crippen molar-refractivity contribution in [3.05, 3.63) is 187 Å². The maximum atomic E-state index is 12.7. The maximum absolute atomic E-state index is 12.7. The van der Waals surface area contributed by atoms with Gasteiger partial charge in [-0.3, -0.25) is 24.0 Å². The van der Waals surface area contributed by atoms with Gasteiger partial charge in [0.25, 0.3) is 29.5 Å². The molecule has 0 atom stereocenters. The molecule has 10 N–H and O–H groups in total. The van der Waals surface area contributed by atoms with E-state index in [0.29, 0.717) is 40.7 Å². The van der Waals surface area contributed by atoms with E-state index in [4.69, 9.17) is 62.7 Å². The third-order valence-corrected chi connectivity index (χ3v) is 29.7. The Morgan fingerprint density at radius 3 is 1.24 bits per heavy atom. The van der Waals surface area contributed by atoms with Gasteiger partial charge in [0, 0.05) is 166 Å². The fourth-order valence-corrected chi connectivity index (χ4v) is 22.8. The number of hydrogen-bond acceptors (Lipinski definition) is 16. The van der Waals surface area contributed by atoms with Crippen LogP contribution in [0.3, 0.4) is 0 Å². The van der Waals surface area contributed by atoms with Crippen LogP contribution in [0.4, 0.5) is 4.79 Å². The Bertz CT molecular complexity index is 6190. The topological polar surface area (TPSA) is 351 Å². The molecule has 3 saturated carbocycles. The summed E-state index contributed by atoms with van der Waals surface area (Å²) in [6.45, 7) is 17.8. The Morgan fingerprint density at radius 1 is 0.451 bits per heavy atom. The molecule has 18 heterocycles. The molecule has 0 radical (unpaired) electrons. The monoisotopic (exact) mass is 1740 g/mol. The van der Waals surface area contributed by atoms with E-state index in [1.807, 2.05) is 57.6 Å². The molecule has 16 aliphatic rings. The molecule has 26 rings (SSSR count). The van der Waals surface area contributed by atoms with Crippen molar-refractivity contribution in [3.8, 4) is 56.5 Å². The van der Waals surface area contributed by atoms with Gasteiger partial charge in [0.05, 0.1) is 83.9 Å². The molecular formula is C90H91Cl5N20O7. The van der Waals surface area contributed by atoms with Crippen LogP contribution in [-0.4, -0.2) is 200 Å². The van der Waals surface area contributed by atoms with Crippen LogP contribution < -0.4 is 26.6 Å². The highest BCUT2D eigenvalue weighted by atomic mass is 35.5. The van der Waals surface area contributed by atoms with Gasteiger partial charge in [-0.1, -0.05) is 48.1 Å². The summed E-state index contributed by atoms with van der Waals surface area (Å²) in [6, 6.07) is 5.77. The van der Waals surface area contributed by atoms with E-state index in [2.05, 4.69) is 103 Å². The fourth-order valence-electron chi connectivity index (χ4n) is 22.1. The summed E-state index contributed by atoms with van der Waals surface area (Å²) in [7, 11) is 0. The number of likely N-dealkylation sites (N-methyl/N-ethyl adjacent to an activating group) is 1. The first-order valence-corrected chi connectivity index (χ1v) is 44.7. The van der Waals surface area contributed by atoms with Gasteiger partial charge in [0.1, 0.15) is 21.1 Å². The number of likely N-dealkylation sites (tertiary alicyclic amines) is 3. The van der Waals surface area contributed by atoms with Crippen molar-refractivity contribution >= 4 is 93.6 Å². The van der Waals surface area contributed by atoms with Crippen LogP contribution in [0.2, 0.25) is 26.0 Å². The van der Waals surface area contributed by atoms with Crippen molar-refractivity contribution in [1.82, 2.24) is 101 Å². The summed E-state index contributed by atoms with van der Waals surface area (Å²) < 4.78 is 5.48. The van der Waals surface area contributed by atoms with Crippen molar-refractivity contribution < 1.29 is 33.5 Å². The van der Waals surface area contributed by atoms with E-state index in [-0.39, 0.29) is 73.4 Å². The van der Waals surface area contributed by atoms with Gasteiger partial charge < -0.3 is 70.9 Å². The number of aryl methyl sites for hydroxylation is 5. The molecule has 628 valence electrons. The molecule has 27 nitrogen and oxygen atoms in total. The predicted octanol–water partition coefficient (Wildman–Crippen LogP) is 12.2. The van der Waals surface area contributed by atoms with E-state index in [9.17, 15) is 28.8 Å². The number of halogens is 5. The highest BCUT2D eigenvalue weighted by Gasteiger charge is 2.57. The average Bonchev–Trinajstić information content (AvgIpc) is 1.40. The number of fused-ring (bicyclic) bond motifs is 29. The normalized spacial score (nSPS) is 20.8. The molecule has 0 unspecified atom stereocenters. The third-order valence-electron chi connectivity index (χ3n) is 28.7. The van der Waals surface area contributed by atoms with E-state index in [1.54, 1.807) is 17.3 Å². The zero-order valence-corrected chi connectivity index (χ0v) is 71.9. The molecule has 6 fully saturated rings. The van der Waals surface area contributed by atoms with Crippen molar-refractivity contribution in [2.75, 3.05) is 78.5 Å². The van der Waals surface area contributed by atoms with Crippen molar-refractivity contribution in [2.24, 2.45) is 5.92 Å². The van der Waals surface area contributed by atoms with Gasteiger partial charge in [-0.05, 0) is 233 Å². The quantitative estimate of drug-likeness (QED) is 0.0580. The highest BCUT2D eigenvalue weighted by molar-refractivity contribution is 6.30. The van der Waals surface area contributed by atoms with E-state index >= 15 is 0 Å². The van der Waals surface area contributed by atoms with Crippen LogP contribution in [0.1, 0.15) is 209 Å². The minimum atomic E-state index is -0.542. The molecule has 0 bridgehead atoms. The summed E-state index contributed by atoms with van der Waals surface area (Å²) in [5.41, 5.74) is 30.1. The van der Waals surface area contributed by atoms with E-state index in [1.165, 1.54) is 42.5 Å². The lowest BCUT2D eigenvalue weighted by molar-refractivity contribution is -0.0113. The molecule has 5 spiro atoms. The maximum Gasteiger partial charge on any atom is 0.410 e. The lowest BCUT2D eigenvalue weighted by atomic mass is 9.64. The molecule has 6 amide bonds. The Labute approximate surface area is 727 Å². The van der Waals surface area contributed by atoms with Crippen LogP contribution in [-0.2, 0) is 97.0 Å². The molecular weight excluding hydrogens is 1650 g/mol. The van der Waals surface area contributed by atoms with Crippen LogP contribution >= 0.6 is 58.0 Å². The summed E-state index contributed by atoms with van der Waals surface area (Å²) in [6.07, 6.45) is 26.7. The lowest BCUT2D eigenvalue weighted by Gasteiger charge is -2.52. The van der Waals surface area contributed by atoms with Crippen molar-refractivity contribution in [1.29, 1.82) is 0 Å². The fraction of sp³-hybridized carbons (Fsp3) is 0.456. The van der Waals surface area contributed by atoms with Gasteiger partial charge in [0.2, 0.25) is 10.6 Å². The Morgan fingerprint density at radius 2 is 0.828 bits per heavy atom. The first-order valence-electron chi connectivity index (χ1n) is 42.8.